The lowest BCUT2D eigenvalue weighted by atomic mass is 9.85. The second kappa shape index (κ2) is 8.83. The molecule has 1 saturated carbocycles. The lowest BCUT2D eigenvalue weighted by Gasteiger charge is -2.42. The molecule has 0 saturated heterocycles. The minimum atomic E-state index is -0.820. The van der Waals surface area contributed by atoms with Gasteiger partial charge in [0.1, 0.15) is 12.7 Å². The summed E-state index contributed by atoms with van der Waals surface area (Å²) < 4.78 is 1.67. The third-order valence-corrected chi connectivity index (χ3v) is 5.13. The van der Waals surface area contributed by atoms with E-state index in [1.54, 1.807) is 11.0 Å². The Balaban J connectivity index is 1.44. The number of likely N-dealkylation sites (N-methyl/N-ethyl adjacent to an activating group) is 1. The maximum absolute atomic E-state index is 12.3. The molecule has 1 fully saturated rings. The lowest BCUT2D eigenvalue weighted by Crippen LogP contribution is -2.56. The van der Waals surface area contributed by atoms with E-state index >= 15 is 0 Å². The molecule has 1 unspecified atom stereocenters. The second-order valence-corrected chi connectivity index (χ2v) is 7.05. The van der Waals surface area contributed by atoms with E-state index in [-0.39, 0.29) is 30.7 Å². The molecule has 150 valence electrons. The molecule has 3 rings (SSSR count). The van der Waals surface area contributed by atoms with Gasteiger partial charge in [-0.2, -0.15) is 5.10 Å². The molecular weight excluding hydrogens is 360 g/mol. The van der Waals surface area contributed by atoms with Crippen LogP contribution in [-0.2, 0) is 4.79 Å². The molecular formula is C19H26N6O3. The Morgan fingerprint density at radius 2 is 2.04 bits per heavy atom. The Bertz CT molecular complexity index is 787. The summed E-state index contributed by atoms with van der Waals surface area (Å²) >= 11 is 0. The van der Waals surface area contributed by atoms with Gasteiger partial charge in [0.05, 0.1) is 18.3 Å². The predicted octanol–water partition coefficient (Wildman–Crippen LogP) is 1.57. The molecule has 0 bridgehead atoms. The van der Waals surface area contributed by atoms with Crippen molar-refractivity contribution in [3.63, 3.8) is 0 Å². The van der Waals surface area contributed by atoms with Gasteiger partial charge in [-0.1, -0.05) is 19.1 Å². The van der Waals surface area contributed by atoms with Crippen molar-refractivity contribution in [2.45, 2.75) is 44.8 Å². The van der Waals surface area contributed by atoms with Gasteiger partial charge in [-0.15, -0.1) is 0 Å². The number of hydrogen-bond acceptors (Lipinski definition) is 5. The van der Waals surface area contributed by atoms with Gasteiger partial charge in [-0.05, 0) is 44.0 Å². The van der Waals surface area contributed by atoms with Gasteiger partial charge < -0.3 is 15.7 Å². The van der Waals surface area contributed by atoms with Crippen molar-refractivity contribution in [3.05, 3.63) is 42.5 Å². The van der Waals surface area contributed by atoms with Crippen LogP contribution in [0.5, 0.6) is 0 Å². The zero-order valence-corrected chi connectivity index (χ0v) is 16.1. The first kappa shape index (κ1) is 19.8. The molecule has 3 N–H and O–H groups in total. The number of carboxylic acids is 1. The van der Waals surface area contributed by atoms with Crippen LogP contribution in [0.2, 0.25) is 0 Å². The van der Waals surface area contributed by atoms with Crippen molar-refractivity contribution < 1.29 is 14.7 Å². The van der Waals surface area contributed by atoms with E-state index in [1.165, 1.54) is 6.33 Å². The number of aliphatic carboxylic acids is 1. The highest BCUT2D eigenvalue weighted by molar-refractivity contribution is 5.75. The van der Waals surface area contributed by atoms with E-state index in [2.05, 4.69) is 20.7 Å². The fraction of sp³-hybridized carbons (Fsp3) is 0.474. The van der Waals surface area contributed by atoms with Crippen LogP contribution in [0.1, 0.15) is 38.3 Å². The highest BCUT2D eigenvalue weighted by Crippen LogP contribution is 2.25. The number of carbonyl (C=O) groups excluding carboxylic acids is 1. The summed E-state index contributed by atoms with van der Waals surface area (Å²) in [6.45, 7) is 4.62. The fourth-order valence-electron chi connectivity index (χ4n) is 3.44. The molecule has 1 aromatic heterocycles. The van der Waals surface area contributed by atoms with E-state index < -0.39 is 5.97 Å². The predicted molar refractivity (Wildman–Crippen MR) is 103 cm³/mol. The van der Waals surface area contributed by atoms with Crippen LogP contribution in [0.15, 0.2) is 36.9 Å². The first-order chi connectivity index (χ1) is 13.5. The number of amides is 2. The first-order valence-electron chi connectivity index (χ1n) is 9.44. The minimum absolute atomic E-state index is 0.0434. The summed E-state index contributed by atoms with van der Waals surface area (Å²) in [4.78, 5) is 29.0. The molecule has 1 aliphatic carbocycles. The number of urea groups is 1. The van der Waals surface area contributed by atoms with Crippen LogP contribution in [0.3, 0.4) is 0 Å². The molecule has 1 aliphatic rings. The average Bonchev–Trinajstić information content (AvgIpc) is 3.17. The second-order valence-electron chi connectivity index (χ2n) is 7.05. The number of carboxylic acid groups (broad SMARTS) is 1. The molecule has 0 aliphatic heterocycles. The van der Waals surface area contributed by atoms with Crippen LogP contribution in [0, 0.1) is 0 Å². The molecule has 9 heteroatoms. The lowest BCUT2D eigenvalue weighted by molar-refractivity contribution is -0.139. The van der Waals surface area contributed by atoms with Gasteiger partial charge >= 0.3 is 12.0 Å². The van der Waals surface area contributed by atoms with Gasteiger partial charge in [0, 0.05) is 12.1 Å². The van der Waals surface area contributed by atoms with Crippen LogP contribution in [-0.4, -0.2) is 61.9 Å². The normalized spacial score (nSPS) is 19.7. The molecule has 9 nitrogen and oxygen atoms in total. The molecule has 1 heterocycles. The monoisotopic (exact) mass is 386 g/mol. The van der Waals surface area contributed by atoms with E-state index in [0.29, 0.717) is 6.54 Å². The Hall–Kier alpha value is -2.94. The number of hydrogen-bond donors (Lipinski definition) is 3. The van der Waals surface area contributed by atoms with Crippen molar-refractivity contribution in [2.75, 3.05) is 13.1 Å². The maximum Gasteiger partial charge on any atom is 0.317 e. The number of nitrogens with zero attached hydrogens (tertiary/aromatic N) is 4. The topological polar surface area (TPSA) is 112 Å². The molecule has 2 amide bonds. The fourth-order valence-corrected chi connectivity index (χ4v) is 3.44. The molecule has 2 aromatic rings. The van der Waals surface area contributed by atoms with Crippen molar-refractivity contribution in [3.8, 4) is 5.69 Å². The van der Waals surface area contributed by atoms with Crippen molar-refractivity contribution in [2.24, 2.45) is 0 Å². The summed E-state index contributed by atoms with van der Waals surface area (Å²) in [5.41, 5.74) is 1.89. The van der Waals surface area contributed by atoms with E-state index in [9.17, 15) is 9.59 Å². The number of aromatic nitrogens is 3. The summed E-state index contributed by atoms with van der Waals surface area (Å²) in [5, 5.41) is 18.9. The summed E-state index contributed by atoms with van der Waals surface area (Å²) in [5.74, 6) is -0.820. The minimum Gasteiger partial charge on any atom is -0.480 e. The van der Waals surface area contributed by atoms with Gasteiger partial charge in [0.25, 0.3) is 0 Å². The smallest absolute Gasteiger partial charge is 0.317 e. The van der Waals surface area contributed by atoms with E-state index in [0.717, 1.165) is 24.1 Å². The number of rotatable bonds is 8. The van der Waals surface area contributed by atoms with Gasteiger partial charge in [0.2, 0.25) is 0 Å². The van der Waals surface area contributed by atoms with Gasteiger partial charge in [0.15, 0.2) is 0 Å². The first-order valence-corrected chi connectivity index (χ1v) is 9.44. The van der Waals surface area contributed by atoms with Crippen molar-refractivity contribution in [1.82, 2.24) is 30.3 Å². The molecule has 1 atom stereocenters. The third-order valence-electron chi connectivity index (χ3n) is 5.13. The Morgan fingerprint density at radius 3 is 2.61 bits per heavy atom. The Labute approximate surface area is 163 Å². The van der Waals surface area contributed by atoms with Crippen molar-refractivity contribution in [1.29, 1.82) is 0 Å². The summed E-state index contributed by atoms with van der Waals surface area (Å²) in [6.07, 6.45) is 4.66. The number of carbonyl (C=O) groups is 2. The van der Waals surface area contributed by atoms with Crippen molar-refractivity contribution >= 4 is 12.0 Å². The zero-order valence-electron chi connectivity index (χ0n) is 16.1. The van der Waals surface area contributed by atoms with Crippen LogP contribution < -0.4 is 10.6 Å². The zero-order chi connectivity index (χ0) is 20.1. The maximum atomic E-state index is 12.3. The highest BCUT2D eigenvalue weighted by Gasteiger charge is 2.34. The number of benzene rings is 1. The van der Waals surface area contributed by atoms with Gasteiger partial charge in [-0.3, -0.25) is 9.69 Å². The Kier molecular flexibility index (Phi) is 6.25. The van der Waals surface area contributed by atoms with E-state index in [1.807, 2.05) is 43.0 Å². The highest BCUT2D eigenvalue weighted by atomic mass is 16.4. The van der Waals surface area contributed by atoms with Crippen LogP contribution in [0.4, 0.5) is 4.79 Å². The average molecular weight is 386 g/mol. The molecule has 1 aromatic carbocycles. The molecule has 0 spiro atoms. The summed E-state index contributed by atoms with van der Waals surface area (Å²) in [6, 6.07) is 7.70. The molecule has 28 heavy (non-hydrogen) atoms. The quantitative estimate of drug-likeness (QED) is 0.635. The largest absolute Gasteiger partial charge is 0.480 e. The Morgan fingerprint density at radius 1 is 1.32 bits per heavy atom. The third kappa shape index (κ3) is 4.86. The van der Waals surface area contributed by atoms with Crippen LogP contribution in [0.25, 0.3) is 5.69 Å². The standard InChI is InChI=1S/C19H26N6O3/c1-3-24(10-18(26)27)17-8-15(9-17)23-19(28)22-13(2)14-4-6-16(7-5-14)25-12-20-11-21-25/h4-7,11-13,15,17H,3,8-10H2,1-2H3,(H,26,27)(H2,22,23,28). The van der Waals surface area contributed by atoms with E-state index in [4.69, 9.17) is 5.11 Å². The molecule has 0 radical (unpaired) electrons. The van der Waals surface area contributed by atoms with Gasteiger partial charge in [-0.25, -0.2) is 14.5 Å². The SMILES string of the molecule is CCN(CC(=O)O)C1CC(NC(=O)NC(C)c2ccc(-n3cncn3)cc2)C1. The number of nitrogens with one attached hydrogen (secondary N) is 2. The van der Waals surface area contributed by atoms with Crippen LogP contribution >= 0.6 is 0 Å². The summed E-state index contributed by atoms with van der Waals surface area (Å²) in [7, 11) is 0.